The summed E-state index contributed by atoms with van der Waals surface area (Å²) >= 11 is 5.06. The van der Waals surface area contributed by atoms with E-state index < -0.39 is 0 Å². The van der Waals surface area contributed by atoms with Crippen LogP contribution in [0, 0.1) is 0 Å². The van der Waals surface area contributed by atoms with Crippen LogP contribution in [0.3, 0.4) is 0 Å². The topological polar surface area (TPSA) is 26.3 Å². The monoisotopic (exact) mass is 324 g/mol. The largest absolute Gasteiger partial charge is 0.462 e. The van der Waals surface area contributed by atoms with Gasteiger partial charge in [0, 0.05) is 9.17 Å². The lowest BCUT2D eigenvalue weighted by Gasteiger charge is -2.02. The zero-order chi connectivity index (χ0) is 12.7. The van der Waals surface area contributed by atoms with Crippen LogP contribution in [0.2, 0.25) is 0 Å². The molecule has 1 aliphatic rings. The standard InChI is InChI=1S/C14H13BrO2S/c1-2-17-14(16)13-12(8-3-4-8)10-7-9(15)5-6-11(10)18-13/h5-8H,2-4H2,1H3. The molecule has 1 saturated carbocycles. The van der Waals surface area contributed by atoms with Crippen molar-refractivity contribution in [2.24, 2.45) is 0 Å². The summed E-state index contributed by atoms with van der Waals surface area (Å²) in [5.74, 6) is 0.379. The van der Waals surface area contributed by atoms with E-state index in [1.54, 1.807) is 11.3 Å². The predicted molar refractivity (Wildman–Crippen MR) is 77.5 cm³/mol. The number of benzene rings is 1. The van der Waals surface area contributed by atoms with Crippen molar-refractivity contribution < 1.29 is 9.53 Å². The minimum atomic E-state index is -0.170. The van der Waals surface area contributed by atoms with Gasteiger partial charge >= 0.3 is 5.97 Å². The molecule has 4 heteroatoms. The number of hydrogen-bond acceptors (Lipinski definition) is 3. The van der Waals surface area contributed by atoms with Crippen molar-refractivity contribution in [1.82, 2.24) is 0 Å². The zero-order valence-electron chi connectivity index (χ0n) is 10.0. The van der Waals surface area contributed by atoms with Crippen LogP contribution in [0.15, 0.2) is 22.7 Å². The second-order valence-electron chi connectivity index (χ2n) is 4.48. The van der Waals surface area contributed by atoms with Crippen molar-refractivity contribution in [3.05, 3.63) is 33.1 Å². The van der Waals surface area contributed by atoms with Crippen molar-refractivity contribution in [3.63, 3.8) is 0 Å². The summed E-state index contributed by atoms with van der Waals surface area (Å²) in [6, 6.07) is 6.20. The van der Waals surface area contributed by atoms with Gasteiger partial charge in [0.2, 0.25) is 0 Å². The first-order valence-electron chi connectivity index (χ1n) is 6.09. The Labute approximate surface area is 118 Å². The average molecular weight is 325 g/mol. The van der Waals surface area contributed by atoms with E-state index in [9.17, 15) is 4.79 Å². The molecule has 0 atom stereocenters. The molecule has 0 bridgehead atoms. The number of carbonyl (C=O) groups excluding carboxylic acids is 1. The summed E-state index contributed by atoms with van der Waals surface area (Å²) < 4.78 is 7.40. The highest BCUT2D eigenvalue weighted by molar-refractivity contribution is 9.10. The highest BCUT2D eigenvalue weighted by atomic mass is 79.9. The maximum atomic E-state index is 12.0. The third-order valence-corrected chi connectivity index (χ3v) is 4.79. The molecule has 1 aliphatic carbocycles. The first-order chi connectivity index (χ1) is 8.70. The molecule has 0 amide bonds. The van der Waals surface area contributed by atoms with Crippen LogP contribution >= 0.6 is 27.3 Å². The first-order valence-corrected chi connectivity index (χ1v) is 7.70. The van der Waals surface area contributed by atoms with Gasteiger partial charge in [0.25, 0.3) is 0 Å². The van der Waals surface area contributed by atoms with Crippen LogP contribution in [-0.2, 0) is 4.74 Å². The van der Waals surface area contributed by atoms with Crippen LogP contribution in [0.1, 0.15) is 40.9 Å². The summed E-state index contributed by atoms with van der Waals surface area (Å²) in [4.78, 5) is 12.8. The summed E-state index contributed by atoms with van der Waals surface area (Å²) in [6.07, 6.45) is 2.37. The van der Waals surface area contributed by atoms with Crippen molar-refractivity contribution in [2.45, 2.75) is 25.7 Å². The summed E-state index contributed by atoms with van der Waals surface area (Å²) in [7, 11) is 0. The first kappa shape index (κ1) is 12.2. The van der Waals surface area contributed by atoms with Crippen LogP contribution in [0.25, 0.3) is 10.1 Å². The Morgan fingerprint density at radius 3 is 2.94 bits per heavy atom. The molecule has 0 aliphatic heterocycles. The van der Waals surface area contributed by atoms with Gasteiger partial charge in [-0.1, -0.05) is 15.9 Å². The Morgan fingerprint density at radius 1 is 1.50 bits per heavy atom. The molecule has 18 heavy (non-hydrogen) atoms. The van der Waals surface area contributed by atoms with E-state index in [4.69, 9.17) is 4.74 Å². The molecule has 3 rings (SSSR count). The summed E-state index contributed by atoms with van der Waals surface area (Å²) in [5.41, 5.74) is 1.20. The lowest BCUT2D eigenvalue weighted by Crippen LogP contribution is -2.04. The Balaban J connectivity index is 2.18. The van der Waals surface area contributed by atoms with Gasteiger partial charge in [-0.2, -0.15) is 0 Å². The lowest BCUT2D eigenvalue weighted by molar-refractivity contribution is 0.0531. The fourth-order valence-corrected chi connectivity index (χ4v) is 3.74. The van der Waals surface area contributed by atoms with Crippen molar-refractivity contribution in [3.8, 4) is 0 Å². The van der Waals surface area contributed by atoms with Crippen LogP contribution in [-0.4, -0.2) is 12.6 Å². The van der Waals surface area contributed by atoms with Gasteiger partial charge in [-0.25, -0.2) is 4.79 Å². The molecule has 0 saturated heterocycles. The summed E-state index contributed by atoms with van der Waals surface area (Å²) in [6.45, 7) is 2.28. The molecule has 0 radical (unpaired) electrons. The molecule has 94 valence electrons. The zero-order valence-corrected chi connectivity index (χ0v) is 12.4. The number of rotatable bonds is 3. The smallest absolute Gasteiger partial charge is 0.348 e. The normalized spacial score (nSPS) is 15.0. The van der Waals surface area contributed by atoms with Gasteiger partial charge in [0.1, 0.15) is 4.88 Å². The van der Waals surface area contributed by atoms with Gasteiger partial charge in [-0.15, -0.1) is 11.3 Å². The third-order valence-electron chi connectivity index (χ3n) is 3.13. The van der Waals surface area contributed by atoms with Crippen molar-refractivity contribution in [1.29, 1.82) is 0 Å². The third kappa shape index (κ3) is 2.08. The Bertz CT molecular complexity index is 614. The number of halogens is 1. The Kier molecular flexibility index (Phi) is 3.16. The highest BCUT2D eigenvalue weighted by Gasteiger charge is 2.32. The van der Waals surface area contributed by atoms with E-state index in [1.807, 2.05) is 13.0 Å². The maximum absolute atomic E-state index is 12.0. The molecule has 2 nitrogen and oxygen atoms in total. The average Bonchev–Trinajstić information content (AvgIpc) is 3.10. The van der Waals surface area contributed by atoms with E-state index >= 15 is 0 Å². The van der Waals surface area contributed by atoms with Crippen molar-refractivity contribution >= 4 is 43.3 Å². The van der Waals surface area contributed by atoms with E-state index in [1.165, 1.54) is 28.5 Å². The fraction of sp³-hybridized carbons (Fsp3) is 0.357. The van der Waals surface area contributed by atoms with Crippen LogP contribution in [0.5, 0.6) is 0 Å². The molecule has 1 aromatic carbocycles. The van der Waals surface area contributed by atoms with E-state index in [0.29, 0.717) is 12.5 Å². The van der Waals surface area contributed by atoms with Gasteiger partial charge in [-0.05, 0) is 54.8 Å². The Morgan fingerprint density at radius 2 is 2.28 bits per heavy atom. The number of ether oxygens (including phenoxy) is 1. The minimum absolute atomic E-state index is 0.170. The second kappa shape index (κ2) is 4.67. The fourth-order valence-electron chi connectivity index (χ4n) is 2.21. The van der Waals surface area contributed by atoms with Gasteiger partial charge in [0.05, 0.1) is 6.61 Å². The molecular weight excluding hydrogens is 312 g/mol. The van der Waals surface area contributed by atoms with E-state index in [0.717, 1.165) is 9.35 Å². The summed E-state index contributed by atoms with van der Waals surface area (Å²) in [5, 5.41) is 1.21. The number of carbonyl (C=O) groups is 1. The molecular formula is C14H13BrO2S. The highest BCUT2D eigenvalue weighted by Crippen LogP contribution is 2.48. The van der Waals surface area contributed by atoms with Gasteiger partial charge in [0.15, 0.2) is 0 Å². The quantitative estimate of drug-likeness (QED) is 0.764. The molecule has 0 spiro atoms. The lowest BCUT2D eigenvalue weighted by atomic mass is 10.1. The molecule has 1 heterocycles. The van der Waals surface area contributed by atoms with Gasteiger partial charge in [-0.3, -0.25) is 0 Å². The van der Waals surface area contributed by atoms with Crippen LogP contribution < -0.4 is 0 Å². The molecule has 1 fully saturated rings. The number of hydrogen-bond donors (Lipinski definition) is 0. The Hall–Kier alpha value is -0.870. The SMILES string of the molecule is CCOC(=O)c1sc2ccc(Br)cc2c1C1CC1. The molecule has 2 aromatic rings. The van der Waals surface area contributed by atoms with E-state index in [2.05, 4.69) is 28.1 Å². The minimum Gasteiger partial charge on any atom is -0.462 e. The maximum Gasteiger partial charge on any atom is 0.348 e. The van der Waals surface area contributed by atoms with E-state index in [-0.39, 0.29) is 5.97 Å². The van der Waals surface area contributed by atoms with Gasteiger partial charge < -0.3 is 4.74 Å². The van der Waals surface area contributed by atoms with Crippen molar-refractivity contribution in [2.75, 3.05) is 6.61 Å². The number of fused-ring (bicyclic) bond motifs is 1. The predicted octanol–water partition coefficient (Wildman–Crippen LogP) is 4.72. The second-order valence-corrected chi connectivity index (χ2v) is 6.45. The molecule has 1 aromatic heterocycles. The van der Waals surface area contributed by atoms with Crippen LogP contribution in [0.4, 0.5) is 0 Å². The molecule has 0 N–H and O–H groups in total. The number of thiophene rings is 1. The molecule has 0 unspecified atom stereocenters. The number of esters is 1.